The molecule has 0 heterocycles. The Morgan fingerprint density at radius 2 is 0.475 bits per heavy atom. The second-order valence-electron chi connectivity index (χ2n) is 16.1. The molecule has 0 amide bonds. The average molecular weight is 689 g/mol. The number of carbonyl (C=O) groups is 3. The molecule has 0 unspecified atom stereocenters. The molecule has 0 aromatic carbocycles. The molecule has 0 spiro atoms. The zero-order valence-corrected chi connectivity index (χ0v) is 32.4. The fourth-order valence-corrected chi connectivity index (χ4v) is 1.66. The van der Waals surface area contributed by atoms with E-state index in [2.05, 4.69) is 0 Å². The van der Waals surface area contributed by atoms with Crippen molar-refractivity contribution in [2.45, 2.75) is 125 Å². The molecule has 6 nitrogen and oxygen atoms in total. The van der Waals surface area contributed by atoms with Gasteiger partial charge in [0.2, 0.25) is 0 Å². The Kier molecular flexibility index (Phi) is 18.8. The van der Waals surface area contributed by atoms with Crippen LogP contribution >= 0.6 is 0 Å². The molecule has 7 heteroatoms. The zero-order chi connectivity index (χ0) is 32.6. The molecule has 228 valence electrons. The van der Waals surface area contributed by atoms with Crippen LogP contribution in [0.5, 0.6) is 0 Å². The number of carbonyl (C=O) groups excluding carboxylic acids is 3. The summed E-state index contributed by atoms with van der Waals surface area (Å²) in [4.78, 5) is 34.3. The van der Waals surface area contributed by atoms with Crippen LogP contribution in [0.1, 0.15) is 125 Å². The zero-order valence-electron chi connectivity index (χ0n) is 28.8. The van der Waals surface area contributed by atoms with Gasteiger partial charge in [0.15, 0.2) is 17.3 Å². The van der Waals surface area contributed by atoms with E-state index in [0.717, 1.165) is 0 Å². The normalized spacial score (nSPS) is 14.1. The summed E-state index contributed by atoms with van der Waals surface area (Å²) in [7, 11) is 0. The van der Waals surface area contributed by atoms with E-state index in [1.54, 1.807) is 0 Å². The molecule has 0 aliphatic rings. The van der Waals surface area contributed by atoms with Gasteiger partial charge in [-0.25, -0.2) is 0 Å². The minimum absolute atomic E-state index is 0. The van der Waals surface area contributed by atoms with Crippen molar-refractivity contribution in [3.63, 3.8) is 0 Å². The van der Waals surface area contributed by atoms with E-state index in [1.807, 2.05) is 125 Å². The van der Waals surface area contributed by atoms with Crippen LogP contribution in [0.2, 0.25) is 0 Å². The third-order valence-corrected chi connectivity index (χ3v) is 5.22. The molecule has 0 atom stereocenters. The van der Waals surface area contributed by atoms with Gasteiger partial charge in [-0.2, -0.15) is 0 Å². The van der Waals surface area contributed by atoms with E-state index in [-0.39, 0.29) is 70.2 Å². The summed E-state index contributed by atoms with van der Waals surface area (Å²) >= 11 is 0. The van der Waals surface area contributed by atoms with Crippen molar-refractivity contribution in [1.29, 1.82) is 0 Å². The topological polar surface area (TPSA) is 120 Å². The maximum absolute atomic E-state index is 11.4. The standard InChI is InChI=1S/3C11H20O2.La/c3*1-10(2,3)8(12)7-9(13)11(4,5)6;/h3*7,12H,1-6H3;/q;;;+3/p-3. The van der Waals surface area contributed by atoms with Gasteiger partial charge in [-0.05, 0) is 34.5 Å². The Morgan fingerprint density at radius 1 is 0.350 bits per heavy atom. The minimum atomic E-state index is -0.457. The molecule has 0 aliphatic heterocycles. The predicted molar refractivity (Wildman–Crippen MR) is 156 cm³/mol. The Labute approximate surface area is 273 Å². The third kappa shape index (κ3) is 21.6. The predicted octanol–water partition coefficient (Wildman–Crippen LogP) is 5.68. The average Bonchev–Trinajstić information content (AvgIpc) is 2.64. The quantitative estimate of drug-likeness (QED) is 0.278. The van der Waals surface area contributed by atoms with Crippen molar-refractivity contribution in [3.8, 4) is 0 Å². The molecule has 0 aromatic heterocycles. The second kappa shape index (κ2) is 16.5. The summed E-state index contributed by atoms with van der Waals surface area (Å²) < 4.78 is 0. The second-order valence-corrected chi connectivity index (χ2v) is 16.1. The van der Waals surface area contributed by atoms with Crippen molar-refractivity contribution in [2.24, 2.45) is 32.5 Å². The number of hydrogen-bond acceptors (Lipinski definition) is 6. The molecule has 0 saturated carbocycles. The summed E-state index contributed by atoms with van der Waals surface area (Å²) in [6, 6.07) is 0. The van der Waals surface area contributed by atoms with E-state index in [9.17, 15) is 29.7 Å². The van der Waals surface area contributed by atoms with Crippen molar-refractivity contribution < 1.29 is 65.3 Å². The van der Waals surface area contributed by atoms with Crippen LogP contribution in [-0.4, -0.2) is 17.3 Å². The van der Waals surface area contributed by atoms with Crippen molar-refractivity contribution in [1.82, 2.24) is 0 Å². The van der Waals surface area contributed by atoms with Crippen LogP contribution in [0.25, 0.3) is 0 Å². The first-order chi connectivity index (χ1) is 16.6. The van der Waals surface area contributed by atoms with Crippen LogP contribution in [0.3, 0.4) is 0 Å². The summed E-state index contributed by atoms with van der Waals surface area (Å²) in [5.74, 6) is -0.625. The maximum atomic E-state index is 11.4. The van der Waals surface area contributed by atoms with Crippen molar-refractivity contribution >= 4 is 17.3 Å². The molecule has 0 fully saturated rings. The monoisotopic (exact) mass is 688 g/mol. The fourth-order valence-electron chi connectivity index (χ4n) is 1.66. The third-order valence-electron chi connectivity index (χ3n) is 5.22. The smallest absolute Gasteiger partial charge is 0.875 e. The molecule has 0 rings (SSSR count). The molecule has 0 aromatic rings. The van der Waals surface area contributed by atoms with E-state index < -0.39 is 32.5 Å². The van der Waals surface area contributed by atoms with Crippen LogP contribution in [0.15, 0.2) is 35.5 Å². The van der Waals surface area contributed by atoms with Gasteiger partial charge in [0, 0.05) is 16.2 Å². The number of allylic oxidation sites excluding steroid dienone is 6. The van der Waals surface area contributed by atoms with E-state index in [0.29, 0.717) is 0 Å². The maximum Gasteiger partial charge on any atom is 3.00 e. The van der Waals surface area contributed by atoms with Crippen LogP contribution < -0.4 is 15.3 Å². The van der Waals surface area contributed by atoms with Gasteiger partial charge in [-0.3, -0.25) is 14.4 Å². The largest absolute Gasteiger partial charge is 3.00 e. The Bertz CT molecular complexity index is 801. The van der Waals surface area contributed by atoms with Crippen molar-refractivity contribution in [3.05, 3.63) is 35.5 Å². The number of rotatable bonds is 3. The molecule has 0 radical (unpaired) electrons. The van der Waals surface area contributed by atoms with Gasteiger partial charge >= 0.3 is 35.6 Å². The van der Waals surface area contributed by atoms with E-state index in [1.165, 1.54) is 18.2 Å². The summed E-state index contributed by atoms with van der Waals surface area (Å²) in [6.45, 7) is 32.5. The Hall–Kier alpha value is -1.18. The first kappa shape index (κ1) is 45.8. The van der Waals surface area contributed by atoms with Crippen LogP contribution in [-0.2, 0) is 14.4 Å². The van der Waals surface area contributed by atoms with Gasteiger partial charge in [-0.15, -0.1) is 17.3 Å². The summed E-state index contributed by atoms with van der Waals surface area (Å²) in [6.07, 6.45) is 3.67. The SMILES string of the molecule is CC(C)(C)C(=O)C=C([O-])C(C)(C)C.CC(C)(C)C(=O)C=C([O-])C(C)(C)C.CC(C)(C)C(=O)C=C([O-])C(C)(C)C.[La+3]. The number of hydrogen-bond donors (Lipinski definition) is 0. The molecule has 0 N–H and O–H groups in total. The van der Waals surface area contributed by atoms with Gasteiger partial charge in [-0.1, -0.05) is 125 Å². The Morgan fingerprint density at radius 3 is 0.550 bits per heavy atom. The molecule has 0 bridgehead atoms. The number of ketones is 3. The first-order valence-electron chi connectivity index (χ1n) is 13.5. The van der Waals surface area contributed by atoms with Crippen LogP contribution in [0.4, 0.5) is 0 Å². The molecule has 0 aliphatic carbocycles. The van der Waals surface area contributed by atoms with Gasteiger partial charge in [0.05, 0.1) is 0 Å². The summed E-state index contributed by atoms with van der Waals surface area (Å²) in [5, 5.41) is 34.3. The van der Waals surface area contributed by atoms with Crippen molar-refractivity contribution in [2.75, 3.05) is 0 Å². The fraction of sp³-hybridized carbons (Fsp3) is 0.727. The molecule has 40 heavy (non-hydrogen) atoms. The van der Waals surface area contributed by atoms with E-state index >= 15 is 0 Å². The Balaban J connectivity index is -0.000000240. The van der Waals surface area contributed by atoms with Crippen LogP contribution in [0, 0.1) is 68.1 Å². The summed E-state index contributed by atoms with van der Waals surface area (Å²) in [5.41, 5.74) is -2.74. The minimum Gasteiger partial charge on any atom is -0.875 e. The first-order valence-corrected chi connectivity index (χ1v) is 13.5. The van der Waals surface area contributed by atoms with Gasteiger partial charge < -0.3 is 15.3 Å². The molecular formula is C33H57LaO6. The molecule has 0 saturated heterocycles. The molecular weight excluding hydrogens is 631 g/mol. The van der Waals surface area contributed by atoms with E-state index in [4.69, 9.17) is 0 Å². The van der Waals surface area contributed by atoms with Gasteiger partial charge in [0.1, 0.15) is 0 Å². The van der Waals surface area contributed by atoms with Gasteiger partial charge in [0.25, 0.3) is 0 Å².